The summed E-state index contributed by atoms with van der Waals surface area (Å²) < 4.78 is 28.4. The number of nitrogens with one attached hydrogen (secondary N) is 1. The van der Waals surface area contributed by atoms with Crippen molar-refractivity contribution in [2.24, 2.45) is 0 Å². The topological polar surface area (TPSA) is 46.9 Å². The van der Waals surface area contributed by atoms with Crippen LogP contribution in [0.15, 0.2) is 35.4 Å². The molecule has 0 amide bonds. The Bertz CT molecular complexity index is 670. The lowest BCUT2D eigenvalue weighted by atomic mass is 10.1. The van der Waals surface area contributed by atoms with Gasteiger partial charge in [-0.2, -0.15) is 0 Å². The predicted molar refractivity (Wildman–Crippen MR) is 71.4 cm³/mol. The Morgan fingerprint density at radius 3 is 2.80 bits per heavy atom. The van der Waals surface area contributed by atoms with Crippen molar-refractivity contribution in [2.45, 2.75) is 19.5 Å². The Hall–Kier alpha value is -2.08. The van der Waals surface area contributed by atoms with Gasteiger partial charge < -0.3 is 5.32 Å². The molecule has 20 heavy (non-hydrogen) atoms. The molecule has 0 aliphatic rings. The van der Waals surface area contributed by atoms with Gasteiger partial charge in [-0.15, -0.1) is 0 Å². The molecule has 2 aromatic rings. The predicted octanol–water partition coefficient (Wildman–Crippen LogP) is 1.79. The third-order valence-corrected chi connectivity index (χ3v) is 3.10. The minimum atomic E-state index is -0.905. The molecule has 1 N–H and O–H groups in total. The number of hydrogen-bond donors (Lipinski definition) is 1. The Balaban J connectivity index is 2.34. The molecule has 0 spiro atoms. The van der Waals surface area contributed by atoms with Gasteiger partial charge in [0.15, 0.2) is 11.6 Å². The second kappa shape index (κ2) is 5.92. The average Bonchev–Trinajstić information content (AvgIpc) is 2.42. The highest BCUT2D eigenvalue weighted by Crippen LogP contribution is 2.20. The first kappa shape index (κ1) is 14.3. The molecule has 0 saturated carbocycles. The van der Waals surface area contributed by atoms with Gasteiger partial charge in [0, 0.05) is 23.9 Å². The van der Waals surface area contributed by atoms with Crippen LogP contribution in [0.5, 0.6) is 0 Å². The van der Waals surface area contributed by atoms with Crippen molar-refractivity contribution in [3.05, 3.63) is 63.8 Å². The SMILES string of the molecule is CNC(Cn1cnc(C)cc1=O)c1cccc(F)c1F. The zero-order valence-corrected chi connectivity index (χ0v) is 11.2. The molecule has 0 aliphatic heterocycles. The Kier molecular flexibility index (Phi) is 4.24. The van der Waals surface area contributed by atoms with Gasteiger partial charge in [0.05, 0.1) is 12.4 Å². The molecule has 1 heterocycles. The maximum atomic E-state index is 13.8. The fourth-order valence-corrected chi connectivity index (χ4v) is 1.99. The highest BCUT2D eigenvalue weighted by molar-refractivity contribution is 5.22. The number of likely N-dealkylation sites (N-methyl/N-ethyl adjacent to an activating group) is 1. The van der Waals surface area contributed by atoms with Crippen molar-refractivity contribution >= 4 is 0 Å². The fourth-order valence-electron chi connectivity index (χ4n) is 1.99. The van der Waals surface area contributed by atoms with Crippen LogP contribution >= 0.6 is 0 Å². The third kappa shape index (κ3) is 2.91. The lowest BCUT2D eigenvalue weighted by molar-refractivity contribution is 0.440. The first-order valence-corrected chi connectivity index (χ1v) is 6.17. The van der Waals surface area contributed by atoms with E-state index in [2.05, 4.69) is 10.3 Å². The zero-order chi connectivity index (χ0) is 14.7. The van der Waals surface area contributed by atoms with E-state index < -0.39 is 17.7 Å². The molecular formula is C14H15F2N3O. The maximum absolute atomic E-state index is 13.8. The molecule has 1 aromatic carbocycles. The standard InChI is InChI=1S/C14H15F2N3O/c1-9-6-13(20)19(8-18-9)7-12(17-2)10-4-3-5-11(15)14(10)16/h3-6,8,12,17H,7H2,1-2H3. The summed E-state index contributed by atoms with van der Waals surface area (Å²) in [5, 5.41) is 2.88. The van der Waals surface area contributed by atoms with Crippen LogP contribution in [0.4, 0.5) is 8.78 Å². The van der Waals surface area contributed by atoms with Crippen molar-refractivity contribution in [1.82, 2.24) is 14.9 Å². The molecule has 0 aliphatic carbocycles. The number of aryl methyl sites for hydroxylation is 1. The molecule has 0 fully saturated rings. The van der Waals surface area contributed by atoms with Crippen LogP contribution in [-0.4, -0.2) is 16.6 Å². The van der Waals surface area contributed by atoms with Crippen LogP contribution in [0.3, 0.4) is 0 Å². The molecule has 1 unspecified atom stereocenters. The van der Waals surface area contributed by atoms with E-state index in [1.54, 1.807) is 14.0 Å². The Morgan fingerprint density at radius 2 is 2.15 bits per heavy atom. The highest BCUT2D eigenvalue weighted by Gasteiger charge is 2.17. The number of aromatic nitrogens is 2. The quantitative estimate of drug-likeness (QED) is 0.928. The number of hydrogen-bond acceptors (Lipinski definition) is 3. The van der Waals surface area contributed by atoms with E-state index in [-0.39, 0.29) is 17.7 Å². The van der Waals surface area contributed by atoms with Gasteiger partial charge in [0.1, 0.15) is 0 Å². The van der Waals surface area contributed by atoms with Gasteiger partial charge in [0.25, 0.3) is 5.56 Å². The van der Waals surface area contributed by atoms with Gasteiger partial charge in [-0.25, -0.2) is 13.8 Å². The first-order valence-electron chi connectivity index (χ1n) is 6.17. The molecule has 106 valence electrons. The van der Waals surface area contributed by atoms with Crippen LogP contribution in [-0.2, 0) is 6.54 Å². The monoisotopic (exact) mass is 279 g/mol. The third-order valence-electron chi connectivity index (χ3n) is 3.10. The summed E-state index contributed by atoms with van der Waals surface area (Å²) in [4.78, 5) is 15.8. The van der Waals surface area contributed by atoms with Gasteiger partial charge in [0.2, 0.25) is 0 Å². The van der Waals surface area contributed by atoms with E-state index in [1.807, 2.05) is 0 Å². The number of benzene rings is 1. The van der Waals surface area contributed by atoms with E-state index in [1.165, 1.54) is 29.1 Å². The van der Waals surface area contributed by atoms with E-state index in [4.69, 9.17) is 0 Å². The molecule has 6 heteroatoms. The molecule has 0 radical (unpaired) electrons. The van der Waals surface area contributed by atoms with E-state index in [0.29, 0.717) is 5.69 Å². The van der Waals surface area contributed by atoms with Crippen molar-refractivity contribution in [2.75, 3.05) is 7.05 Å². The summed E-state index contributed by atoms with van der Waals surface area (Å²) in [6.07, 6.45) is 1.40. The van der Waals surface area contributed by atoms with Gasteiger partial charge >= 0.3 is 0 Å². The van der Waals surface area contributed by atoms with Gasteiger partial charge in [-0.3, -0.25) is 9.36 Å². The van der Waals surface area contributed by atoms with Crippen LogP contribution < -0.4 is 10.9 Å². The van der Waals surface area contributed by atoms with Crippen LogP contribution in [0, 0.1) is 18.6 Å². The number of rotatable bonds is 4. The smallest absolute Gasteiger partial charge is 0.253 e. The fraction of sp³-hybridized carbons (Fsp3) is 0.286. The van der Waals surface area contributed by atoms with E-state index >= 15 is 0 Å². The summed E-state index contributed by atoms with van der Waals surface area (Å²) in [7, 11) is 1.63. The van der Waals surface area contributed by atoms with Crippen molar-refractivity contribution in [3.63, 3.8) is 0 Å². The van der Waals surface area contributed by atoms with Crippen LogP contribution in [0.2, 0.25) is 0 Å². The lowest BCUT2D eigenvalue weighted by Crippen LogP contribution is -2.29. The minimum Gasteiger partial charge on any atom is -0.311 e. The molecule has 0 saturated heterocycles. The second-order valence-electron chi connectivity index (χ2n) is 4.51. The Morgan fingerprint density at radius 1 is 1.40 bits per heavy atom. The van der Waals surface area contributed by atoms with Crippen molar-refractivity contribution < 1.29 is 8.78 Å². The molecule has 1 aromatic heterocycles. The summed E-state index contributed by atoms with van der Waals surface area (Å²) in [6, 6.07) is 4.87. The summed E-state index contributed by atoms with van der Waals surface area (Å²) in [5.74, 6) is -1.81. The van der Waals surface area contributed by atoms with Gasteiger partial charge in [-0.05, 0) is 20.0 Å². The Labute approximate surface area is 115 Å². The van der Waals surface area contributed by atoms with Gasteiger partial charge in [-0.1, -0.05) is 12.1 Å². The molecule has 0 bridgehead atoms. The molecular weight excluding hydrogens is 264 g/mol. The largest absolute Gasteiger partial charge is 0.311 e. The number of nitrogens with zero attached hydrogens (tertiary/aromatic N) is 2. The van der Waals surface area contributed by atoms with Crippen LogP contribution in [0.1, 0.15) is 17.3 Å². The van der Waals surface area contributed by atoms with Crippen molar-refractivity contribution in [1.29, 1.82) is 0 Å². The normalized spacial score (nSPS) is 12.4. The van der Waals surface area contributed by atoms with E-state index in [9.17, 15) is 13.6 Å². The highest BCUT2D eigenvalue weighted by atomic mass is 19.2. The van der Waals surface area contributed by atoms with Crippen molar-refractivity contribution in [3.8, 4) is 0 Å². The summed E-state index contributed by atoms with van der Waals surface area (Å²) >= 11 is 0. The van der Waals surface area contributed by atoms with E-state index in [0.717, 1.165) is 6.07 Å². The minimum absolute atomic E-state index is 0.170. The lowest BCUT2D eigenvalue weighted by Gasteiger charge is -2.18. The average molecular weight is 279 g/mol. The zero-order valence-electron chi connectivity index (χ0n) is 11.2. The summed E-state index contributed by atoms with van der Waals surface area (Å²) in [5.41, 5.74) is 0.568. The maximum Gasteiger partial charge on any atom is 0.253 e. The molecule has 4 nitrogen and oxygen atoms in total. The summed E-state index contributed by atoms with van der Waals surface area (Å²) in [6.45, 7) is 1.89. The molecule has 1 atom stereocenters. The molecule has 2 rings (SSSR count). The number of halogens is 2. The van der Waals surface area contributed by atoms with Crippen LogP contribution in [0.25, 0.3) is 0 Å². The first-order chi connectivity index (χ1) is 9.52. The second-order valence-corrected chi connectivity index (χ2v) is 4.51.